The molecule has 2 aliphatic heterocycles. The van der Waals surface area contributed by atoms with Gasteiger partial charge >= 0.3 is 0 Å². The van der Waals surface area contributed by atoms with Crippen molar-refractivity contribution in [1.82, 2.24) is 9.56 Å². The summed E-state index contributed by atoms with van der Waals surface area (Å²) in [5, 5.41) is 1.21. The highest BCUT2D eigenvalue weighted by molar-refractivity contribution is 7.99. The van der Waals surface area contributed by atoms with Crippen LogP contribution in [0, 0.1) is 0 Å². The van der Waals surface area contributed by atoms with Crippen LogP contribution in [0.25, 0.3) is 20.8 Å². The van der Waals surface area contributed by atoms with Gasteiger partial charge < -0.3 is 27.1 Å². The molecule has 0 radical (unpaired) electrons. The van der Waals surface area contributed by atoms with Gasteiger partial charge in [-0.05, 0) is 66.1 Å². The summed E-state index contributed by atoms with van der Waals surface area (Å²) in [5.74, 6) is 0. The molecule has 0 amide bonds. The Balaban J connectivity index is 0.000000184. The van der Waals surface area contributed by atoms with E-state index >= 15 is 0 Å². The van der Waals surface area contributed by atoms with E-state index in [2.05, 4.69) is 148 Å². The Bertz CT molecular complexity index is 1670. The van der Waals surface area contributed by atoms with Crippen molar-refractivity contribution in [3.63, 3.8) is 0 Å². The average Bonchev–Trinajstić information content (AvgIpc) is 2.93. The molecule has 0 saturated heterocycles. The van der Waals surface area contributed by atoms with Crippen molar-refractivity contribution in [1.29, 1.82) is 0 Å². The van der Waals surface area contributed by atoms with E-state index in [1.165, 1.54) is 52.9 Å². The molecule has 0 aromatic heterocycles. The zero-order chi connectivity index (χ0) is 28.6. The van der Waals surface area contributed by atoms with Crippen LogP contribution in [-0.2, 0) is 6.42 Å². The van der Waals surface area contributed by atoms with Gasteiger partial charge in [-0.3, -0.25) is 0 Å². The highest BCUT2D eigenvalue weighted by atomic mass is 35.5. The lowest BCUT2D eigenvalue weighted by Crippen LogP contribution is -3.00. The van der Waals surface area contributed by atoms with Gasteiger partial charge in [0.25, 0.3) is 0 Å². The van der Waals surface area contributed by atoms with Crippen molar-refractivity contribution >= 4 is 50.4 Å². The number of fused-ring (bicyclic) bond motifs is 4. The molecule has 214 valence electrons. The van der Waals surface area contributed by atoms with Crippen LogP contribution in [0.5, 0.6) is 0 Å². The molecule has 1 aliphatic carbocycles. The summed E-state index contributed by atoms with van der Waals surface area (Å²) in [6, 6.07) is 26.4. The van der Waals surface area contributed by atoms with Gasteiger partial charge in [0.1, 0.15) is 14.1 Å². The van der Waals surface area contributed by atoms with Crippen LogP contribution < -0.4 is 37.0 Å². The van der Waals surface area contributed by atoms with Crippen molar-refractivity contribution < 1.29 is 12.4 Å². The van der Waals surface area contributed by atoms with Gasteiger partial charge in [-0.1, -0.05) is 23.9 Å². The zero-order valence-corrected chi connectivity index (χ0v) is 27.5. The number of benzene rings is 4. The molecule has 41 heavy (non-hydrogen) atoms. The van der Waals surface area contributed by atoms with Crippen molar-refractivity contribution in [3.05, 3.63) is 89.3 Å². The van der Waals surface area contributed by atoms with Gasteiger partial charge in [0.2, 0.25) is 5.36 Å². The van der Waals surface area contributed by atoms with E-state index in [1.807, 2.05) is 11.8 Å². The number of rotatable bonds is 3. The van der Waals surface area contributed by atoms with Crippen LogP contribution in [0.15, 0.2) is 82.6 Å². The Hall–Kier alpha value is -3.26. The number of halogens is 1. The first-order chi connectivity index (χ1) is 19.1. The smallest absolute Gasteiger partial charge is 0.201 e. The van der Waals surface area contributed by atoms with E-state index in [4.69, 9.17) is 4.98 Å². The molecule has 3 aliphatic rings. The predicted octanol–water partition coefficient (Wildman–Crippen LogP) is 3.38. The largest absolute Gasteiger partial charge is 1.00 e. The van der Waals surface area contributed by atoms with Crippen LogP contribution in [0.2, 0.25) is 0 Å². The lowest BCUT2D eigenvalue weighted by molar-refractivity contribution is -0.00000819. The normalized spacial score (nSPS) is 11.5. The third kappa shape index (κ3) is 6.80. The Morgan fingerprint density at radius 2 is 1.20 bits per heavy atom. The number of hydrogen-bond acceptors (Lipinski definition) is 6. The molecule has 0 bridgehead atoms. The second-order valence-electron chi connectivity index (χ2n) is 11.0. The molecule has 6 rings (SSSR count). The maximum absolute atomic E-state index is 4.75. The van der Waals surface area contributed by atoms with Gasteiger partial charge in [-0.2, -0.15) is 0 Å². The molecule has 0 fully saturated rings. The fraction of sp³-hybridized carbons (Fsp3) is 0.273. The average molecular weight is 604 g/mol. The number of anilines is 3. The number of aromatic nitrogens is 1. The monoisotopic (exact) mass is 603 g/mol. The lowest BCUT2D eigenvalue weighted by Gasteiger charge is -2.23. The molecule has 3 aromatic carbocycles. The van der Waals surface area contributed by atoms with Gasteiger partial charge in [-0.25, -0.2) is 9.56 Å². The molecule has 3 aromatic rings. The topological polar surface area (TPSA) is 25.6 Å². The van der Waals surface area contributed by atoms with E-state index < -0.39 is 0 Å². The van der Waals surface area contributed by atoms with Gasteiger partial charge in [0.05, 0.1) is 20.8 Å². The fourth-order valence-corrected chi connectivity index (χ4v) is 6.78. The number of nitrogens with zero attached hydrogens (tertiary/aromatic N) is 5. The maximum atomic E-state index is 4.75. The Morgan fingerprint density at radius 1 is 0.659 bits per heavy atom. The highest BCUT2D eigenvalue weighted by Crippen LogP contribution is 2.42. The van der Waals surface area contributed by atoms with Crippen molar-refractivity contribution in [2.75, 3.05) is 71.1 Å². The fourth-order valence-electron chi connectivity index (χ4n) is 4.61. The third-order valence-corrected chi connectivity index (χ3v) is 9.41. The second kappa shape index (κ2) is 12.7. The van der Waals surface area contributed by atoms with Gasteiger partial charge in [-0.15, -0.1) is 11.3 Å². The molecule has 2 heterocycles. The summed E-state index contributed by atoms with van der Waals surface area (Å²) in [7, 11) is 16.6. The lowest BCUT2D eigenvalue weighted by atomic mass is 10.0. The van der Waals surface area contributed by atoms with E-state index in [1.54, 1.807) is 11.3 Å². The van der Waals surface area contributed by atoms with E-state index in [-0.39, 0.29) is 12.4 Å². The molecule has 0 unspecified atom stereocenters. The van der Waals surface area contributed by atoms with Crippen molar-refractivity contribution in [2.45, 2.75) is 16.2 Å². The third-order valence-electron chi connectivity index (χ3n) is 7.12. The summed E-state index contributed by atoms with van der Waals surface area (Å²) in [6.45, 7) is 0. The van der Waals surface area contributed by atoms with E-state index in [0.717, 1.165) is 17.6 Å². The van der Waals surface area contributed by atoms with Crippen molar-refractivity contribution in [2.24, 2.45) is 0 Å². The SMILES string of the molecule is CN(C)c1ccc2c(c1)Sc1cc(N(C)C)ccc1C2.CN(C)c1ccc2nc3ccc(=[N+](C)C)cc-3sc2c1.[Cl-]. The Labute approximate surface area is 258 Å². The summed E-state index contributed by atoms with van der Waals surface area (Å²) in [4.78, 5) is 15.2. The van der Waals surface area contributed by atoms with Crippen LogP contribution in [0.4, 0.5) is 17.1 Å². The van der Waals surface area contributed by atoms with Gasteiger partial charge in [0.15, 0.2) is 0 Å². The minimum Gasteiger partial charge on any atom is -1.00 e. The second-order valence-corrected chi connectivity index (χ2v) is 13.1. The maximum Gasteiger partial charge on any atom is 0.201 e. The van der Waals surface area contributed by atoms with Crippen LogP contribution >= 0.6 is 23.1 Å². The molecule has 0 saturated carbocycles. The first-order valence-corrected chi connectivity index (χ1v) is 15.0. The zero-order valence-electron chi connectivity index (χ0n) is 25.1. The Kier molecular flexibility index (Phi) is 9.52. The minimum atomic E-state index is 0. The summed E-state index contributed by atoms with van der Waals surface area (Å²) >= 11 is 3.69. The van der Waals surface area contributed by atoms with Crippen LogP contribution in [-0.4, -0.2) is 61.4 Å². The van der Waals surface area contributed by atoms with Gasteiger partial charge in [0, 0.05) is 81.3 Å². The summed E-state index contributed by atoms with van der Waals surface area (Å²) in [5.41, 5.74) is 8.73. The Morgan fingerprint density at radius 3 is 1.73 bits per heavy atom. The molecule has 5 nitrogen and oxygen atoms in total. The molecule has 0 N–H and O–H groups in total. The standard InChI is InChI=1S/C17H20N2S.C16H18N3S.ClH/c1-18(2)14-7-5-12-9-13-6-8-15(19(3)4)11-17(13)20-16(12)10-14;1-18(2)11-5-7-13-15(9-11)20-16-10-12(19(3)4)6-8-14(16)17-13;/h5-8,10-11H,9H2,1-4H3;5-10H,1-4H3;1H/q;+1;/p-1. The van der Waals surface area contributed by atoms with E-state index in [0.29, 0.717) is 0 Å². The molecule has 0 atom stereocenters. The first-order valence-electron chi connectivity index (χ1n) is 13.4. The quantitative estimate of drug-likeness (QED) is 0.228. The molecule has 8 heteroatoms. The van der Waals surface area contributed by atoms with Crippen LogP contribution in [0.3, 0.4) is 0 Å². The minimum absolute atomic E-state index is 0. The molecular weight excluding hydrogens is 566 g/mol. The van der Waals surface area contributed by atoms with Crippen LogP contribution in [0.1, 0.15) is 11.1 Å². The highest BCUT2D eigenvalue weighted by Gasteiger charge is 2.17. The number of hydrogen-bond donors (Lipinski definition) is 0. The molecule has 0 spiro atoms. The van der Waals surface area contributed by atoms with E-state index in [9.17, 15) is 0 Å². The van der Waals surface area contributed by atoms with Crippen molar-refractivity contribution in [3.8, 4) is 10.6 Å². The summed E-state index contributed by atoms with van der Waals surface area (Å²) in [6.07, 6.45) is 1.04. The molecular formula is C33H38ClN5S2. The predicted molar refractivity (Wildman–Crippen MR) is 176 cm³/mol. The summed E-state index contributed by atoms with van der Waals surface area (Å²) < 4.78 is 3.34. The first kappa shape index (κ1) is 30.7.